The highest BCUT2D eigenvalue weighted by Gasteiger charge is 2.37. The molecule has 8 nitrogen and oxygen atoms in total. The fourth-order valence-corrected chi connectivity index (χ4v) is 3.12. The van der Waals surface area contributed by atoms with E-state index in [0.29, 0.717) is 5.56 Å². The van der Waals surface area contributed by atoms with Crippen molar-refractivity contribution in [1.29, 1.82) is 0 Å². The highest BCUT2D eigenvalue weighted by Crippen LogP contribution is 2.37. The van der Waals surface area contributed by atoms with Gasteiger partial charge < -0.3 is 26.4 Å². The third-order valence-corrected chi connectivity index (χ3v) is 4.66. The lowest BCUT2D eigenvalue weighted by atomic mass is 9.90. The smallest absolute Gasteiger partial charge is 0.240 e. The molecule has 3 rings (SSSR count). The number of halogens is 1. The molecule has 0 radical (unpaired) electrons. The quantitative estimate of drug-likeness (QED) is 0.473. The fourth-order valence-electron chi connectivity index (χ4n) is 2.88. The van der Waals surface area contributed by atoms with Crippen LogP contribution in [0, 0.1) is 0 Å². The molecule has 1 aliphatic rings. The fraction of sp³-hybridized carbons (Fsp3) is 0.105. The minimum atomic E-state index is -1.11. The third kappa shape index (κ3) is 3.37. The van der Waals surface area contributed by atoms with E-state index in [1.54, 1.807) is 12.1 Å². The molecule has 1 amide bonds. The van der Waals surface area contributed by atoms with Crippen molar-refractivity contribution in [2.45, 2.75) is 12.5 Å². The van der Waals surface area contributed by atoms with Gasteiger partial charge in [0.2, 0.25) is 17.5 Å². The number of phenolic OH excluding ortho intramolecular Hbond substituents is 3. The van der Waals surface area contributed by atoms with Gasteiger partial charge in [-0.25, -0.2) is 0 Å². The first kappa shape index (κ1) is 19.2. The number of nitrogens with two attached hydrogens (primary N) is 1. The monoisotopic (exact) mass is 402 g/mol. The molecular formula is C19H15ClN2O6. The number of carbonyl (C=O) groups excluding carboxylic acids is 3. The van der Waals surface area contributed by atoms with Gasteiger partial charge in [-0.2, -0.15) is 0 Å². The molecule has 0 bridgehead atoms. The van der Waals surface area contributed by atoms with Crippen molar-refractivity contribution in [1.82, 2.24) is 5.32 Å². The Hall–Kier alpha value is -3.52. The van der Waals surface area contributed by atoms with Crippen molar-refractivity contribution < 1.29 is 29.7 Å². The summed E-state index contributed by atoms with van der Waals surface area (Å²) in [6, 6.07) is 7.01. The van der Waals surface area contributed by atoms with Crippen LogP contribution in [-0.2, 0) is 11.2 Å². The maximum absolute atomic E-state index is 12.8. The average Bonchev–Trinajstić information content (AvgIpc) is 2.65. The number of phenols is 3. The molecule has 2 aromatic rings. The summed E-state index contributed by atoms with van der Waals surface area (Å²) >= 11 is 6.02. The summed E-state index contributed by atoms with van der Waals surface area (Å²) in [6.07, 6.45) is 0.0453. The maximum atomic E-state index is 12.8. The second-order valence-electron chi connectivity index (χ2n) is 6.17. The number of primary amides is 1. The van der Waals surface area contributed by atoms with Crippen molar-refractivity contribution in [2.24, 2.45) is 5.73 Å². The Morgan fingerprint density at radius 3 is 2.04 bits per heavy atom. The summed E-state index contributed by atoms with van der Waals surface area (Å²) in [6.45, 7) is 0. The molecule has 28 heavy (non-hydrogen) atoms. The zero-order valence-electron chi connectivity index (χ0n) is 14.3. The largest absolute Gasteiger partial charge is 0.508 e. The van der Waals surface area contributed by atoms with Crippen molar-refractivity contribution in [3.63, 3.8) is 0 Å². The molecule has 144 valence electrons. The topological polar surface area (TPSA) is 150 Å². The number of nitrogens with one attached hydrogen (secondary N) is 1. The lowest BCUT2D eigenvalue weighted by molar-refractivity contribution is -0.119. The van der Waals surface area contributed by atoms with Crippen LogP contribution in [0.4, 0.5) is 0 Å². The zero-order valence-corrected chi connectivity index (χ0v) is 15.0. The van der Waals surface area contributed by atoms with Crippen LogP contribution >= 0.6 is 11.6 Å². The molecule has 1 aliphatic carbocycles. The van der Waals surface area contributed by atoms with Crippen molar-refractivity contribution in [3.05, 3.63) is 63.8 Å². The number of rotatable bonds is 5. The van der Waals surface area contributed by atoms with Gasteiger partial charge in [-0.3, -0.25) is 14.4 Å². The van der Waals surface area contributed by atoms with Crippen LogP contribution in [0.1, 0.15) is 26.3 Å². The number of allylic oxidation sites excluding steroid dienone is 2. The number of amides is 1. The Kier molecular flexibility index (Phi) is 4.98. The SMILES string of the molecule is NC(=O)[C@H](Cc1ccc(O)cc1)NC1=C(Cl)C(=O)c2c(O)ccc(O)c2C1=O. The Labute approximate surface area is 163 Å². The number of hydrogen-bond donors (Lipinski definition) is 5. The molecule has 0 aliphatic heterocycles. The second kappa shape index (κ2) is 7.24. The van der Waals surface area contributed by atoms with Crippen LogP contribution in [-0.4, -0.2) is 38.8 Å². The van der Waals surface area contributed by atoms with E-state index in [9.17, 15) is 29.7 Å². The first-order chi connectivity index (χ1) is 13.2. The van der Waals surface area contributed by atoms with E-state index in [2.05, 4.69) is 5.32 Å². The van der Waals surface area contributed by atoms with Gasteiger partial charge in [-0.15, -0.1) is 0 Å². The van der Waals surface area contributed by atoms with E-state index >= 15 is 0 Å². The predicted molar refractivity (Wildman–Crippen MR) is 99.2 cm³/mol. The van der Waals surface area contributed by atoms with Crippen LogP contribution < -0.4 is 11.1 Å². The van der Waals surface area contributed by atoms with E-state index in [0.717, 1.165) is 12.1 Å². The van der Waals surface area contributed by atoms with Crippen LogP contribution in [0.15, 0.2) is 47.1 Å². The van der Waals surface area contributed by atoms with Crippen molar-refractivity contribution in [2.75, 3.05) is 0 Å². The average molecular weight is 403 g/mol. The van der Waals surface area contributed by atoms with Crippen LogP contribution in [0.5, 0.6) is 17.2 Å². The lowest BCUT2D eigenvalue weighted by Crippen LogP contribution is -2.45. The van der Waals surface area contributed by atoms with Gasteiger partial charge in [-0.05, 0) is 29.8 Å². The number of hydrogen-bond acceptors (Lipinski definition) is 7. The molecule has 0 heterocycles. The van der Waals surface area contributed by atoms with Gasteiger partial charge in [0, 0.05) is 6.42 Å². The summed E-state index contributed by atoms with van der Waals surface area (Å²) in [5, 5.41) is 31.3. The van der Waals surface area contributed by atoms with Crippen LogP contribution in [0.3, 0.4) is 0 Å². The highest BCUT2D eigenvalue weighted by atomic mass is 35.5. The number of Topliss-reactive ketones (excluding diaryl/α,β-unsaturated/α-hetero) is 2. The first-order valence-electron chi connectivity index (χ1n) is 8.08. The van der Waals surface area contributed by atoms with Crippen molar-refractivity contribution >= 4 is 29.1 Å². The van der Waals surface area contributed by atoms with Gasteiger partial charge >= 0.3 is 0 Å². The van der Waals surface area contributed by atoms with E-state index in [-0.39, 0.29) is 12.2 Å². The van der Waals surface area contributed by atoms with E-state index in [1.807, 2.05) is 0 Å². The summed E-state index contributed by atoms with van der Waals surface area (Å²) in [5.74, 6) is -3.51. The zero-order chi connectivity index (χ0) is 20.6. The van der Waals surface area contributed by atoms with Gasteiger partial charge in [0.05, 0.1) is 11.1 Å². The van der Waals surface area contributed by atoms with Gasteiger partial charge in [0.25, 0.3) is 0 Å². The van der Waals surface area contributed by atoms with Gasteiger partial charge in [-0.1, -0.05) is 23.7 Å². The summed E-state index contributed by atoms with van der Waals surface area (Å²) in [5.41, 5.74) is 4.81. The molecule has 6 N–H and O–H groups in total. The van der Waals surface area contributed by atoms with Gasteiger partial charge in [0.15, 0.2) is 0 Å². The second-order valence-corrected chi connectivity index (χ2v) is 6.55. The number of benzene rings is 2. The number of aromatic hydroxyl groups is 3. The minimum Gasteiger partial charge on any atom is -0.508 e. The summed E-state index contributed by atoms with van der Waals surface area (Å²) < 4.78 is 0. The Morgan fingerprint density at radius 2 is 1.50 bits per heavy atom. The van der Waals surface area contributed by atoms with Crippen molar-refractivity contribution in [3.8, 4) is 17.2 Å². The summed E-state index contributed by atoms with van der Waals surface area (Å²) in [4.78, 5) is 37.1. The Balaban J connectivity index is 1.97. The molecule has 9 heteroatoms. The molecule has 0 aromatic heterocycles. The molecule has 2 aromatic carbocycles. The molecule has 0 unspecified atom stereocenters. The highest BCUT2D eigenvalue weighted by molar-refractivity contribution is 6.50. The molecular weight excluding hydrogens is 388 g/mol. The number of fused-ring (bicyclic) bond motifs is 1. The van der Waals surface area contributed by atoms with Crippen LogP contribution in [0.2, 0.25) is 0 Å². The lowest BCUT2D eigenvalue weighted by Gasteiger charge is -2.24. The third-order valence-electron chi connectivity index (χ3n) is 4.30. The maximum Gasteiger partial charge on any atom is 0.240 e. The first-order valence-corrected chi connectivity index (χ1v) is 8.46. The number of carbonyl (C=O) groups is 3. The van der Waals surface area contributed by atoms with E-state index in [4.69, 9.17) is 17.3 Å². The molecule has 0 saturated heterocycles. The molecule has 1 atom stereocenters. The minimum absolute atomic E-state index is 0.0398. The molecule has 0 spiro atoms. The Morgan fingerprint density at radius 1 is 0.964 bits per heavy atom. The predicted octanol–water partition coefficient (Wildman–Crippen LogP) is 1.32. The Bertz CT molecular complexity index is 1030. The van der Waals surface area contributed by atoms with Crippen LogP contribution in [0.25, 0.3) is 0 Å². The van der Waals surface area contributed by atoms with E-state index in [1.165, 1.54) is 12.1 Å². The van der Waals surface area contributed by atoms with Gasteiger partial charge in [0.1, 0.15) is 34.0 Å². The summed E-state index contributed by atoms with van der Waals surface area (Å²) in [7, 11) is 0. The standard InChI is InChI=1S/C19H15ClN2O6/c20-15-16(18(27)14-12(25)6-5-11(24)13(14)17(15)26)22-10(19(21)28)7-8-1-3-9(23)4-2-8/h1-6,10,22-25H,7H2,(H2,21,28)/t10-/m0/s1. The molecule has 0 saturated carbocycles. The molecule has 0 fully saturated rings. The van der Waals surface area contributed by atoms with E-state index < -0.39 is 56.9 Å². The normalized spacial score (nSPS) is 14.6. The number of ketones is 2.